The molecule has 2 aliphatic rings. The van der Waals surface area contributed by atoms with Crippen LogP contribution >= 0.6 is 0 Å². The van der Waals surface area contributed by atoms with Crippen LogP contribution in [-0.2, 0) is 9.59 Å². The van der Waals surface area contributed by atoms with Crippen LogP contribution in [0.3, 0.4) is 0 Å². The molecule has 0 bridgehead atoms. The molecule has 1 aromatic rings. The van der Waals surface area contributed by atoms with Crippen molar-refractivity contribution in [3.8, 4) is 5.75 Å². The topological polar surface area (TPSA) is 83.9 Å². The van der Waals surface area contributed by atoms with Crippen LogP contribution < -0.4 is 4.74 Å². The van der Waals surface area contributed by atoms with Crippen LogP contribution in [-0.4, -0.2) is 47.9 Å². The molecule has 6 nitrogen and oxygen atoms in total. The number of aliphatic carboxylic acids is 1. The summed E-state index contributed by atoms with van der Waals surface area (Å²) in [5, 5.41) is 8.92. The van der Waals surface area contributed by atoms with Gasteiger partial charge >= 0.3 is 5.97 Å². The number of ether oxygens (including phenoxy) is 1. The highest BCUT2D eigenvalue weighted by Crippen LogP contribution is 2.40. The lowest BCUT2D eigenvalue weighted by Crippen LogP contribution is -2.41. The minimum atomic E-state index is -0.891. The molecule has 1 aromatic carbocycles. The first kappa shape index (κ1) is 16.5. The summed E-state index contributed by atoms with van der Waals surface area (Å²) >= 11 is 0. The number of carboxylic acid groups (broad SMARTS) is 1. The number of ketones is 1. The number of likely N-dealkylation sites (tertiary alicyclic amines) is 1. The number of rotatable bonds is 5. The van der Waals surface area contributed by atoms with Crippen molar-refractivity contribution in [2.24, 2.45) is 17.8 Å². The lowest BCUT2D eigenvalue weighted by molar-refractivity contribution is -0.142. The first-order valence-corrected chi connectivity index (χ1v) is 8.21. The van der Waals surface area contributed by atoms with E-state index in [1.165, 1.54) is 0 Å². The molecule has 2 fully saturated rings. The first-order chi connectivity index (χ1) is 11.5. The number of methoxy groups -OCH3 is 1. The Balaban J connectivity index is 1.54. The van der Waals surface area contributed by atoms with E-state index in [-0.39, 0.29) is 23.5 Å². The Hall–Kier alpha value is -2.37. The molecule has 0 aromatic heterocycles. The predicted octanol–water partition coefficient (Wildman–Crippen LogP) is 1.84. The van der Waals surface area contributed by atoms with E-state index in [4.69, 9.17) is 9.84 Å². The molecule has 1 aliphatic carbocycles. The van der Waals surface area contributed by atoms with Crippen molar-refractivity contribution in [3.63, 3.8) is 0 Å². The highest BCUT2D eigenvalue weighted by molar-refractivity contribution is 5.98. The van der Waals surface area contributed by atoms with Crippen molar-refractivity contribution in [3.05, 3.63) is 29.8 Å². The number of hydrogen-bond acceptors (Lipinski definition) is 4. The molecular weight excluding hydrogens is 310 g/mol. The Morgan fingerprint density at radius 1 is 1.08 bits per heavy atom. The quantitative estimate of drug-likeness (QED) is 0.832. The van der Waals surface area contributed by atoms with Crippen LogP contribution in [0.5, 0.6) is 5.75 Å². The molecule has 1 heterocycles. The molecule has 1 N–H and O–H groups in total. The minimum absolute atomic E-state index is 0.0715. The third-order valence-electron chi connectivity index (χ3n) is 4.98. The summed E-state index contributed by atoms with van der Waals surface area (Å²) in [4.78, 5) is 37.4. The average Bonchev–Trinajstić information content (AvgIpc) is 3.42. The second kappa shape index (κ2) is 6.63. The number of benzene rings is 1. The number of Topliss-reactive ketones (excluding diaryl/α,β-unsaturated/α-hetero) is 1. The van der Waals surface area contributed by atoms with Gasteiger partial charge in [0.2, 0.25) is 5.91 Å². The van der Waals surface area contributed by atoms with Crippen molar-refractivity contribution in [2.75, 3.05) is 20.2 Å². The van der Waals surface area contributed by atoms with Crippen molar-refractivity contribution >= 4 is 17.7 Å². The molecule has 1 amide bonds. The Morgan fingerprint density at radius 2 is 1.71 bits per heavy atom. The van der Waals surface area contributed by atoms with Crippen LogP contribution in [0, 0.1) is 17.8 Å². The van der Waals surface area contributed by atoms with E-state index < -0.39 is 11.9 Å². The summed E-state index contributed by atoms with van der Waals surface area (Å²) in [5.41, 5.74) is 0.661. The zero-order valence-corrected chi connectivity index (χ0v) is 13.6. The Morgan fingerprint density at radius 3 is 2.21 bits per heavy atom. The fraction of sp³-hybridized carbons (Fsp3) is 0.500. The van der Waals surface area contributed by atoms with E-state index in [2.05, 4.69) is 0 Å². The molecule has 24 heavy (non-hydrogen) atoms. The van der Waals surface area contributed by atoms with E-state index in [9.17, 15) is 14.4 Å². The Kier molecular flexibility index (Phi) is 4.55. The smallest absolute Gasteiger partial charge is 0.307 e. The monoisotopic (exact) mass is 331 g/mol. The highest BCUT2D eigenvalue weighted by atomic mass is 16.5. The van der Waals surface area contributed by atoms with Crippen LogP contribution in [0.15, 0.2) is 24.3 Å². The summed E-state index contributed by atoms with van der Waals surface area (Å²) in [6, 6.07) is 7.07. The molecule has 3 rings (SSSR count). The van der Waals surface area contributed by atoms with E-state index in [0.29, 0.717) is 43.7 Å². The Labute approximate surface area is 140 Å². The predicted molar refractivity (Wildman–Crippen MR) is 85.9 cm³/mol. The fourth-order valence-corrected chi connectivity index (χ4v) is 3.33. The number of hydrogen-bond donors (Lipinski definition) is 1. The maximum Gasteiger partial charge on any atom is 0.307 e. The highest BCUT2D eigenvalue weighted by Gasteiger charge is 2.50. The second-order valence-electron chi connectivity index (χ2n) is 6.48. The fourth-order valence-electron chi connectivity index (χ4n) is 3.33. The zero-order chi connectivity index (χ0) is 17.3. The van der Waals surface area contributed by atoms with Gasteiger partial charge in [0.15, 0.2) is 5.78 Å². The van der Waals surface area contributed by atoms with Crippen LogP contribution in [0.4, 0.5) is 0 Å². The number of carbonyl (C=O) groups excluding carboxylic acids is 2. The normalized spacial score (nSPS) is 23.6. The van der Waals surface area contributed by atoms with Crippen molar-refractivity contribution in [1.29, 1.82) is 0 Å². The molecule has 2 unspecified atom stereocenters. The summed E-state index contributed by atoms with van der Waals surface area (Å²) in [6.07, 6.45) is 1.70. The molecular formula is C18H21NO5. The zero-order valence-electron chi connectivity index (χ0n) is 13.6. The SMILES string of the molecule is COc1ccc(C(=O)C2CCN(C(=O)C3CC3C(=O)O)CC2)cc1. The summed E-state index contributed by atoms with van der Waals surface area (Å²) < 4.78 is 5.09. The standard InChI is InChI=1S/C18H21NO5/c1-24-13-4-2-11(3-5-13)16(20)12-6-8-19(9-7-12)17(21)14-10-15(14)18(22)23/h2-5,12,14-15H,6-10H2,1H3,(H,22,23). The first-order valence-electron chi connectivity index (χ1n) is 8.21. The van der Waals surface area contributed by atoms with Gasteiger partial charge in [-0.25, -0.2) is 0 Å². The maximum atomic E-state index is 12.5. The largest absolute Gasteiger partial charge is 0.497 e. The summed E-state index contributed by atoms with van der Waals surface area (Å²) in [6.45, 7) is 1.04. The van der Waals surface area contributed by atoms with Gasteiger partial charge in [-0.15, -0.1) is 0 Å². The van der Waals surface area contributed by atoms with E-state index >= 15 is 0 Å². The van der Waals surface area contributed by atoms with Gasteiger partial charge in [-0.1, -0.05) is 0 Å². The molecule has 1 saturated carbocycles. The van der Waals surface area contributed by atoms with Crippen LogP contribution in [0.1, 0.15) is 29.6 Å². The molecule has 1 saturated heterocycles. The maximum absolute atomic E-state index is 12.5. The molecule has 0 radical (unpaired) electrons. The number of carbonyl (C=O) groups is 3. The van der Waals surface area contributed by atoms with Crippen molar-refractivity contribution < 1.29 is 24.2 Å². The van der Waals surface area contributed by atoms with E-state index in [1.807, 2.05) is 0 Å². The average molecular weight is 331 g/mol. The number of nitrogens with zero attached hydrogens (tertiary/aromatic N) is 1. The molecule has 1 aliphatic heterocycles. The van der Waals surface area contributed by atoms with E-state index in [1.54, 1.807) is 36.3 Å². The number of piperidine rings is 1. The summed E-state index contributed by atoms with van der Waals surface area (Å²) in [5.74, 6) is -1.12. The van der Waals surface area contributed by atoms with Crippen molar-refractivity contribution in [1.82, 2.24) is 4.90 Å². The van der Waals surface area contributed by atoms with Gasteiger partial charge in [0.25, 0.3) is 0 Å². The molecule has 2 atom stereocenters. The number of carboxylic acids is 1. The summed E-state index contributed by atoms with van der Waals surface area (Å²) in [7, 11) is 1.58. The molecule has 128 valence electrons. The van der Waals surface area contributed by atoms with Gasteiger partial charge in [0.05, 0.1) is 18.9 Å². The van der Waals surface area contributed by atoms with Gasteiger partial charge in [0, 0.05) is 24.6 Å². The van der Waals surface area contributed by atoms with Crippen LogP contribution in [0.25, 0.3) is 0 Å². The second-order valence-corrected chi connectivity index (χ2v) is 6.48. The van der Waals surface area contributed by atoms with E-state index in [0.717, 1.165) is 0 Å². The number of amides is 1. The van der Waals surface area contributed by atoms with Crippen molar-refractivity contribution in [2.45, 2.75) is 19.3 Å². The van der Waals surface area contributed by atoms with Crippen LogP contribution in [0.2, 0.25) is 0 Å². The third kappa shape index (κ3) is 3.27. The van der Waals surface area contributed by atoms with Gasteiger partial charge in [-0.3, -0.25) is 14.4 Å². The molecule has 6 heteroatoms. The molecule has 0 spiro atoms. The lowest BCUT2D eigenvalue weighted by Gasteiger charge is -2.31. The minimum Gasteiger partial charge on any atom is -0.497 e. The lowest BCUT2D eigenvalue weighted by atomic mass is 9.88. The van der Waals surface area contributed by atoms with Gasteiger partial charge in [-0.2, -0.15) is 0 Å². The van der Waals surface area contributed by atoms with Gasteiger partial charge < -0.3 is 14.7 Å². The Bertz CT molecular complexity index is 646. The third-order valence-corrected chi connectivity index (χ3v) is 4.98. The van der Waals surface area contributed by atoms with Gasteiger partial charge in [-0.05, 0) is 43.5 Å². The van der Waals surface area contributed by atoms with Gasteiger partial charge in [0.1, 0.15) is 5.75 Å².